The Morgan fingerprint density at radius 2 is 2.38 bits per heavy atom. The number of aromatic amines is 1. The van der Waals surface area contributed by atoms with Crippen molar-refractivity contribution in [3.63, 3.8) is 0 Å². The van der Waals surface area contributed by atoms with Crippen LogP contribution in [-0.2, 0) is 0 Å². The van der Waals surface area contributed by atoms with E-state index in [4.69, 9.17) is 10.8 Å². The van der Waals surface area contributed by atoms with Gasteiger partial charge >= 0.3 is 0 Å². The van der Waals surface area contributed by atoms with Gasteiger partial charge in [0.2, 0.25) is 0 Å². The fourth-order valence-corrected chi connectivity index (χ4v) is 1.31. The Labute approximate surface area is 74.1 Å². The Morgan fingerprint density at radius 1 is 1.62 bits per heavy atom. The van der Waals surface area contributed by atoms with Gasteiger partial charge in [0.15, 0.2) is 5.65 Å². The van der Waals surface area contributed by atoms with Crippen molar-refractivity contribution in [2.24, 2.45) is 0 Å². The zero-order valence-electron chi connectivity index (χ0n) is 7.13. The van der Waals surface area contributed by atoms with E-state index in [1.165, 1.54) is 10.8 Å². The molecular weight excluding hydrogens is 166 g/mol. The van der Waals surface area contributed by atoms with Crippen molar-refractivity contribution in [3.8, 4) is 0 Å². The van der Waals surface area contributed by atoms with Gasteiger partial charge in [-0.25, -0.2) is 4.98 Å². The van der Waals surface area contributed by atoms with E-state index in [0.717, 1.165) is 5.52 Å². The minimum atomic E-state index is 0.222. The molecule has 66 valence electrons. The zero-order chi connectivity index (χ0) is 9.42. The molecule has 13 heavy (non-hydrogen) atoms. The Bertz CT molecular complexity index is 519. The second-order valence-corrected chi connectivity index (χ2v) is 2.78. The average Bonchev–Trinajstić information content (AvgIpc) is 2.50. The second kappa shape index (κ2) is 2.55. The van der Waals surface area contributed by atoms with E-state index in [2.05, 4.69) is 9.97 Å². The predicted molar refractivity (Wildman–Crippen MR) is 48.7 cm³/mol. The number of nitrogens with one attached hydrogen (secondary N) is 3. The summed E-state index contributed by atoms with van der Waals surface area (Å²) in [6, 6.07) is 1.80. The summed E-state index contributed by atoms with van der Waals surface area (Å²) in [5, 5.41) is 15.1. The van der Waals surface area contributed by atoms with Crippen LogP contribution in [0, 0.1) is 10.8 Å². The average molecular weight is 175 g/mol. The van der Waals surface area contributed by atoms with Crippen LogP contribution in [-0.4, -0.2) is 20.4 Å². The fourth-order valence-electron chi connectivity index (χ4n) is 1.31. The molecule has 2 aromatic heterocycles. The number of hydrogen-bond acceptors (Lipinski definition) is 3. The Balaban J connectivity index is 2.97. The van der Waals surface area contributed by atoms with Crippen molar-refractivity contribution in [3.05, 3.63) is 23.9 Å². The standard InChI is InChI=1S/C8H9N5/c1-5(9)13-6-2-3-11-8(6)12-4-7(13)10/h2-4,9-11H,1H3. The molecule has 0 radical (unpaired) electrons. The van der Waals surface area contributed by atoms with Crippen molar-refractivity contribution in [1.29, 1.82) is 10.8 Å². The van der Waals surface area contributed by atoms with Gasteiger partial charge in [0.1, 0.15) is 11.3 Å². The molecule has 0 atom stereocenters. The highest BCUT2D eigenvalue weighted by Gasteiger charge is 2.03. The van der Waals surface area contributed by atoms with Crippen molar-refractivity contribution in [1.82, 2.24) is 14.5 Å². The molecule has 0 unspecified atom stereocenters. The molecule has 0 saturated heterocycles. The third-order valence-corrected chi connectivity index (χ3v) is 1.84. The van der Waals surface area contributed by atoms with Crippen molar-refractivity contribution < 1.29 is 0 Å². The molecule has 0 spiro atoms. The lowest BCUT2D eigenvalue weighted by molar-refractivity contribution is 0.972. The molecule has 0 aliphatic carbocycles. The molecule has 0 fully saturated rings. The lowest BCUT2D eigenvalue weighted by Crippen LogP contribution is -2.24. The van der Waals surface area contributed by atoms with Gasteiger partial charge in [0.05, 0.1) is 11.7 Å². The lowest BCUT2D eigenvalue weighted by Gasteiger charge is -2.04. The molecule has 0 amide bonds. The zero-order valence-corrected chi connectivity index (χ0v) is 7.13. The van der Waals surface area contributed by atoms with Crippen LogP contribution in [0.4, 0.5) is 0 Å². The first-order valence-electron chi connectivity index (χ1n) is 3.85. The monoisotopic (exact) mass is 175 g/mol. The largest absolute Gasteiger partial charge is 0.345 e. The Hall–Kier alpha value is -1.91. The first-order valence-corrected chi connectivity index (χ1v) is 3.85. The molecule has 0 bridgehead atoms. The number of aromatic nitrogens is 3. The predicted octanol–water partition coefficient (Wildman–Crippen LogP) is 0.689. The summed E-state index contributed by atoms with van der Waals surface area (Å²) < 4.78 is 1.53. The minimum Gasteiger partial charge on any atom is -0.345 e. The maximum Gasteiger partial charge on any atom is 0.154 e. The summed E-state index contributed by atoms with van der Waals surface area (Å²) in [5.41, 5.74) is 1.68. The summed E-state index contributed by atoms with van der Waals surface area (Å²) in [6.07, 6.45) is 3.17. The van der Waals surface area contributed by atoms with E-state index in [0.29, 0.717) is 11.5 Å². The highest BCUT2D eigenvalue weighted by atomic mass is 15.1. The van der Waals surface area contributed by atoms with Gasteiger partial charge in [0.25, 0.3) is 0 Å². The summed E-state index contributed by atoms with van der Waals surface area (Å²) in [6.45, 7) is 1.64. The van der Waals surface area contributed by atoms with Crippen LogP contribution in [0.25, 0.3) is 11.2 Å². The lowest BCUT2D eigenvalue weighted by atomic mass is 10.4. The van der Waals surface area contributed by atoms with Crippen LogP contribution in [0.15, 0.2) is 18.5 Å². The van der Waals surface area contributed by atoms with Crippen LogP contribution in [0.3, 0.4) is 0 Å². The van der Waals surface area contributed by atoms with Crippen molar-refractivity contribution in [2.75, 3.05) is 0 Å². The van der Waals surface area contributed by atoms with E-state index in [1.807, 2.05) is 0 Å². The SMILES string of the molecule is CC(=N)n1c(=N)cnc2[nH]ccc21. The molecule has 5 heteroatoms. The Morgan fingerprint density at radius 3 is 3.08 bits per heavy atom. The molecule has 0 aromatic carbocycles. The third-order valence-electron chi connectivity index (χ3n) is 1.84. The second-order valence-electron chi connectivity index (χ2n) is 2.78. The molecule has 0 aliphatic heterocycles. The van der Waals surface area contributed by atoms with Crippen LogP contribution >= 0.6 is 0 Å². The van der Waals surface area contributed by atoms with Gasteiger partial charge in [-0.2, -0.15) is 0 Å². The van der Waals surface area contributed by atoms with Crippen LogP contribution in [0.1, 0.15) is 6.92 Å². The third kappa shape index (κ3) is 1.05. The maximum absolute atomic E-state index is 7.57. The van der Waals surface area contributed by atoms with Crippen LogP contribution in [0.2, 0.25) is 0 Å². The first kappa shape index (κ1) is 7.72. The summed E-state index contributed by atoms with van der Waals surface area (Å²) in [4.78, 5) is 6.95. The van der Waals surface area contributed by atoms with Gasteiger partial charge in [0, 0.05) is 6.20 Å². The van der Waals surface area contributed by atoms with E-state index in [9.17, 15) is 0 Å². The quantitative estimate of drug-likeness (QED) is 0.399. The number of nitrogens with zero attached hydrogens (tertiary/aromatic N) is 2. The van der Waals surface area contributed by atoms with E-state index >= 15 is 0 Å². The van der Waals surface area contributed by atoms with Crippen LogP contribution in [0.5, 0.6) is 0 Å². The molecule has 3 N–H and O–H groups in total. The Kier molecular flexibility index (Phi) is 1.51. The van der Waals surface area contributed by atoms with Gasteiger partial charge in [-0.05, 0) is 13.0 Å². The van der Waals surface area contributed by atoms with Crippen molar-refractivity contribution >= 4 is 17.0 Å². The molecule has 5 nitrogen and oxygen atoms in total. The smallest absolute Gasteiger partial charge is 0.154 e. The van der Waals surface area contributed by atoms with Crippen molar-refractivity contribution in [2.45, 2.75) is 6.92 Å². The maximum atomic E-state index is 7.57. The molecule has 2 rings (SSSR count). The molecular formula is C8H9N5. The number of H-pyrrole nitrogens is 1. The summed E-state index contributed by atoms with van der Waals surface area (Å²) in [7, 11) is 0. The fraction of sp³-hybridized carbons (Fsp3) is 0.125. The number of fused-ring (bicyclic) bond motifs is 1. The normalized spacial score (nSPS) is 10.5. The van der Waals surface area contributed by atoms with Gasteiger partial charge < -0.3 is 4.98 Å². The van der Waals surface area contributed by atoms with E-state index < -0.39 is 0 Å². The molecule has 2 aromatic rings. The molecule has 0 aliphatic rings. The van der Waals surface area contributed by atoms with Gasteiger partial charge in [-0.3, -0.25) is 15.4 Å². The van der Waals surface area contributed by atoms with E-state index in [1.54, 1.807) is 19.2 Å². The van der Waals surface area contributed by atoms with E-state index in [-0.39, 0.29) is 5.49 Å². The van der Waals surface area contributed by atoms with Crippen LogP contribution < -0.4 is 5.49 Å². The highest BCUT2D eigenvalue weighted by Crippen LogP contribution is 2.05. The number of rotatable bonds is 0. The summed E-state index contributed by atoms with van der Waals surface area (Å²) in [5.74, 6) is 0.317. The highest BCUT2D eigenvalue weighted by molar-refractivity contribution is 5.88. The molecule has 2 heterocycles. The van der Waals surface area contributed by atoms with Gasteiger partial charge in [-0.15, -0.1) is 0 Å². The number of hydrogen-bond donors (Lipinski definition) is 3. The molecule has 0 saturated carbocycles. The summed E-state index contributed by atoms with van der Waals surface area (Å²) >= 11 is 0. The minimum absolute atomic E-state index is 0.222. The van der Waals surface area contributed by atoms with Gasteiger partial charge in [-0.1, -0.05) is 0 Å². The first-order chi connectivity index (χ1) is 6.20. The topological polar surface area (TPSA) is 81.3 Å².